The van der Waals surface area contributed by atoms with Crippen LogP contribution >= 0.6 is 0 Å². The molecule has 3 rings (SSSR count). The molecule has 1 aromatic carbocycles. The van der Waals surface area contributed by atoms with E-state index >= 15 is 0 Å². The molecule has 0 unspecified atom stereocenters. The van der Waals surface area contributed by atoms with Crippen LogP contribution in [0.3, 0.4) is 0 Å². The van der Waals surface area contributed by atoms with Crippen LogP contribution in [0.5, 0.6) is 5.75 Å². The van der Waals surface area contributed by atoms with Gasteiger partial charge in [-0.25, -0.2) is 8.42 Å². The smallest absolute Gasteiger partial charge is 0.219 e. The third-order valence-electron chi connectivity index (χ3n) is 5.73. The highest BCUT2D eigenvalue weighted by atomic mass is 32.2. The molecule has 0 spiro atoms. The minimum absolute atomic E-state index is 0.146. The molecule has 2 saturated heterocycles. The van der Waals surface area contributed by atoms with Crippen LogP contribution in [0.4, 0.5) is 0 Å². The maximum Gasteiger partial charge on any atom is 0.219 e. The lowest BCUT2D eigenvalue weighted by Gasteiger charge is -2.41. The Morgan fingerprint density at radius 3 is 2.08 bits per heavy atom. The van der Waals surface area contributed by atoms with Crippen molar-refractivity contribution >= 4 is 15.7 Å². The standard InChI is InChI=1S/C19H28N2O4S/c1-15(22)20-11-7-16(8-12-20)21-13-9-19(10-14-21)26(23,24)18-5-3-17(25-2)4-6-18/h3-6,16,19H,7-14H2,1-2H3. The summed E-state index contributed by atoms with van der Waals surface area (Å²) in [6.07, 6.45) is 3.30. The van der Waals surface area contributed by atoms with E-state index in [0.29, 0.717) is 29.5 Å². The summed E-state index contributed by atoms with van der Waals surface area (Å²) in [5.41, 5.74) is 0. The second-order valence-electron chi connectivity index (χ2n) is 7.19. The topological polar surface area (TPSA) is 66.9 Å². The number of ether oxygens (including phenoxy) is 1. The molecule has 0 atom stereocenters. The highest BCUT2D eigenvalue weighted by molar-refractivity contribution is 7.92. The predicted octanol–water partition coefficient (Wildman–Crippen LogP) is 1.94. The number of piperidine rings is 2. The number of nitrogens with zero attached hydrogens (tertiary/aromatic N) is 2. The molecule has 2 heterocycles. The molecule has 1 aromatic rings. The maximum absolute atomic E-state index is 12.9. The molecule has 2 fully saturated rings. The first-order valence-electron chi connectivity index (χ1n) is 9.29. The second kappa shape index (κ2) is 7.96. The molecule has 144 valence electrons. The van der Waals surface area contributed by atoms with Crippen molar-refractivity contribution < 1.29 is 17.9 Å². The zero-order valence-electron chi connectivity index (χ0n) is 15.6. The largest absolute Gasteiger partial charge is 0.497 e. The number of amides is 1. The van der Waals surface area contributed by atoms with Crippen molar-refractivity contribution in [1.82, 2.24) is 9.80 Å². The SMILES string of the molecule is COc1ccc(S(=O)(=O)C2CCN(C3CCN(C(C)=O)CC3)CC2)cc1. The van der Waals surface area contributed by atoms with E-state index in [9.17, 15) is 13.2 Å². The predicted molar refractivity (Wildman–Crippen MR) is 100 cm³/mol. The van der Waals surface area contributed by atoms with Crippen LogP contribution in [0.2, 0.25) is 0 Å². The van der Waals surface area contributed by atoms with Crippen molar-refractivity contribution in [1.29, 1.82) is 0 Å². The fraction of sp³-hybridized carbons (Fsp3) is 0.632. The molecule has 0 N–H and O–H groups in total. The third-order valence-corrected chi connectivity index (χ3v) is 8.01. The lowest BCUT2D eigenvalue weighted by Crippen LogP contribution is -2.50. The Morgan fingerprint density at radius 1 is 1.00 bits per heavy atom. The Labute approximate surface area is 156 Å². The minimum Gasteiger partial charge on any atom is -0.497 e. The van der Waals surface area contributed by atoms with Gasteiger partial charge in [-0.15, -0.1) is 0 Å². The van der Waals surface area contributed by atoms with Gasteiger partial charge < -0.3 is 14.5 Å². The van der Waals surface area contributed by atoms with Crippen LogP contribution < -0.4 is 4.74 Å². The average Bonchev–Trinajstić information content (AvgIpc) is 2.68. The zero-order valence-corrected chi connectivity index (χ0v) is 16.4. The quantitative estimate of drug-likeness (QED) is 0.799. The Bertz CT molecular complexity index is 716. The summed E-state index contributed by atoms with van der Waals surface area (Å²) in [6, 6.07) is 7.14. The van der Waals surface area contributed by atoms with Crippen molar-refractivity contribution in [2.24, 2.45) is 0 Å². The molecule has 0 aromatic heterocycles. The Kier molecular flexibility index (Phi) is 5.87. The average molecular weight is 381 g/mol. The Hall–Kier alpha value is -1.60. The number of likely N-dealkylation sites (tertiary alicyclic amines) is 2. The van der Waals surface area contributed by atoms with Crippen LogP contribution in [-0.2, 0) is 14.6 Å². The van der Waals surface area contributed by atoms with Gasteiger partial charge in [-0.2, -0.15) is 0 Å². The number of carbonyl (C=O) groups is 1. The monoisotopic (exact) mass is 380 g/mol. The van der Waals surface area contributed by atoms with Crippen molar-refractivity contribution in [3.8, 4) is 5.75 Å². The normalized spacial score (nSPS) is 20.9. The number of hydrogen-bond donors (Lipinski definition) is 0. The molecule has 2 aliphatic heterocycles. The zero-order chi connectivity index (χ0) is 18.7. The Balaban J connectivity index is 1.57. The summed E-state index contributed by atoms with van der Waals surface area (Å²) in [6.45, 7) is 4.86. The van der Waals surface area contributed by atoms with E-state index in [4.69, 9.17) is 4.74 Å². The number of sulfone groups is 1. The van der Waals surface area contributed by atoms with E-state index in [2.05, 4.69) is 4.90 Å². The molecule has 0 aliphatic carbocycles. The van der Waals surface area contributed by atoms with Gasteiger partial charge in [-0.05, 0) is 63.0 Å². The fourth-order valence-corrected chi connectivity index (χ4v) is 5.79. The van der Waals surface area contributed by atoms with Crippen LogP contribution in [-0.4, -0.2) is 68.7 Å². The fourth-order valence-electron chi connectivity index (χ4n) is 4.05. The highest BCUT2D eigenvalue weighted by Crippen LogP contribution is 2.28. The molecule has 2 aliphatic rings. The van der Waals surface area contributed by atoms with Crippen molar-refractivity contribution in [3.63, 3.8) is 0 Å². The van der Waals surface area contributed by atoms with E-state index in [1.54, 1.807) is 38.3 Å². The molecule has 0 saturated carbocycles. The molecule has 6 nitrogen and oxygen atoms in total. The summed E-state index contributed by atoms with van der Waals surface area (Å²) < 4.78 is 30.9. The molecule has 0 radical (unpaired) electrons. The number of hydrogen-bond acceptors (Lipinski definition) is 5. The van der Waals surface area contributed by atoms with Gasteiger partial charge in [0, 0.05) is 26.1 Å². The number of methoxy groups -OCH3 is 1. The summed E-state index contributed by atoms with van der Waals surface area (Å²) in [4.78, 5) is 16.1. The maximum atomic E-state index is 12.9. The van der Waals surface area contributed by atoms with Gasteiger partial charge >= 0.3 is 0 Å². The first-order chi connectivity index (χ1) is 12.4. The van der Waals surface area contributed by atoms with Gasteiger partial charge in [0.2, 0.25) is 5.91 Å². The Morgan fingerprint density at radius 2 is 1.58 bits per heavy atom. The molecular weight excluding hydrogens is 352 g/mol. The molecule has 1 amide bonds. The third kappa shape index (κ3) is 4.04. The summed E-state index contributed by atoms with van der Waals surface area (Å²) >= 11 is 0. The lowest BCUT2D eigenvalue weighted by molar-refractivity contribution is -0.130. The molecular formula is C19H28N2O4S. The highest BCUT2D eigenvalue weighted by Gasteiger charge is 2.34. The van der Waals surface area contributed by atoms with Gasteiger partial charge in [0.05, 0.1) is 17.3 Å². The van der Waals surface area contributed by atoms with E-state index in [1.165, 1.54) is 0 Å². The van der Waals surface area contributed by atoms with Crippen molar-refractivity contribution in [2.45, 2.75) is 48.8 Å². The van der Waals surface area contributed by atoms with Gasteiger partial charge in [0.15, 0.2) is 9.84 Å². The van der Waals surface area contributed by atoms with E-state index in [1.807, 2.05) is 4.90 Å². The van der Waals surface area contributed by atoms with Gasteiger partial charge in [0.25, 0.3) is 0 Å². The van der Waals surface area contributed by atoms with Crippen LogP contribution in [0, 0.1) is 0 Å². The van der Waals surface area contributed by atoms with Gasteiger partial charge in [-0.3, -0.25) is 4.79 Å². The number of carbonyl (C=O) groups excluding carboxylic acids is 1. The van der Waals surface area contributed by atoms with Crippen LogP contribution in [0.1, 0.15) is 32.6 Å². The van der Waals surface area contributed by atoms with Gasteiger partial charge in [-0.1, -0.05) is 0 Å². The second-order valence-corrected chi connectivity index (χ2v) is 9.42. The van der Waals surface area contributed by atoms with Crippen molar-refractivity contribution in [3.05, 3.63) is 24.3 Å². The molecule has 7 heteroatoms. The summed E-state index contributed by atoms with van der Waals surface area (Å²) in [5, 5.41) is -0.315. The van der Waals surface area contributed by atoms with E-state index in [-0.39, 0.29) is 11.2 Å². The number of rotatable bonds is 4. The van der Waals surface area contributed by atoms with Crippen LogP contribution in [0.15, 0.2) is 29.2 Å². The number of benzene rings is 1. The van der Waals surface area contributed by atoms with E-state index < -0.39 is 9.84 Å². The van der Waals surface area contributed by atoms with Crippen LogP contribution in [0.25, 0.3) is 0 Å². The van der Waals surface area contributed by atoms with Gasteiger partial charge in [0.1, 0.15) is 5.75 Å². The first-order valence-corrected chi connectivity index (χ1v) is 10.8. The first kappa shape index (κ1) is 19.2. The minimum atomic E-state index is -3.30. The summed E-state index contributed by atoms with van der Waals surface area (Å²) in [7, 11) is -1.73. The van der Waals surface area contributed by atoms with Crippen molar-refractivity contribution in [2.75, 3.05) is 33.3 Å². The molecule has 0 bridgehead atoms. The summed E-state index contributed by atoms with van der Waals surface area (Å²) in [5.74, 6) is 0.809. The lowest BCUT2D eigenvalue weighted by atomic mass is 10.00. The van der Waals surface area contributed by atoms with E-state index in [0.717, 1.165) is 39.0 Å². The molecule has 26 heavy (non-hydrogen) atoms.